The standard InChI is InChI=1S/C29H29F2N5O/c30-26-17-23-20(7-9-33-29(23)37)15-24(26)25-16-22(27(31)34-28(25)32)19-3-5-21(6-4-19)36-13-11-35(12-14-36)10-8-18-1-2-18/h3-7,9,15-18H,1-2,8,10-14H2,(H2,32,34)(H,33,37). The molecule has 1 saturated carbocycles. The van der Waals surface area contributed by atoms with E-state index in [1.165, 1.54) is 44.1 Å². The molecule has 1 saturated heterocycles. The number of aromatic nitrogens is 2. The summed E-state index contributed by atoms with van der Waals surface area (Å²) in [6.45, 7) is 5.23. The van der Waals surface area contributed by atoms with Gasteiger partial charge in [-0.2, -0.15) is 4.39 Å². The van der Waals surface area contributed by atoms with Crippen molar-refractivity contribution in [1.82, 2.24) is 14.9 Å². The molecule has 0 unspecified atom stereocenters. The number of halogens is 2. The Balaban J connectivity index is 1.25. The Morgan fingerprint density at radius 3 is 2.43 bits per heavy atom. The maximum absolute atomic E-state index is 15.0. The Kier molecular flexibility index (Phi) is 6.12. The van der Waals surface area contributed by atoms with Gasteiger partial charge in [-0.1, -0.05) is 25.0 Å². The fourth-order valence-electron chi connectivity index (χ4n) is 5.19. The molecule has 8 heteroatoms. The van der Waals surface area contributed by atoms with Gasteiger partial charge in [0.1, 0.15) is 11.6 Å². The predicted molar refractivity (Wildman–Crippen MR) is 144 cm³/mol. The molecule has 0 bridgehead atoms. The summed E-state index contributed by atoms with van der Waals surface area (Å²) in [5.41, 5.74) is 8.06. The summed E-state index contributed by atoms with van der Waals surface area (Å²) in [7, 11) is 0. The molecule has 6 nitrogen and oxygen atoms in total. The summed E-state index contributed by atoms with van der Waals surface area (Å²) in [6.07, 6.45) is 5.62. The van der Waals surface area contributed by atoms with Gasteiger partial charge in [0, 0.05) is 60.1 Å². The van der Waals surface area contributed by atoms with Crippen molar-refractivity contribution in [2.45, 2.75) is 19.3 Å². The van der Waals surface area contributed by atoms with E-state index < -0.39 is 11.8 Å². The lowest BCUT2D eigenvalue weighted by atomic mass is 9.98. The van der Waals surface area contributed by atoms with E-state index in [9.17, 15) is 9.18 Å². The van der Waals surface area contributed by atoms with Crippen LogP contribution < -0.4 is 16.2 Å². The first-order valence-corrected chi connectivity index (χ1v) is 12.8. The topological polar surface area (TPSA) is 78.2 Å². The van der Waals surface area contributed by atoms with E-state index in [1.54, 1.807) is 12.1 Å². The number of rotatable bonds is 6. The molecule has 0 spiro atoms. The molecule has 1 aliphatic heterocycles. The lowest BCUT2D eigenvalue weighted by Crippen LogP contribution is -2.46. The Morgan fingerprint density at radius 2 is 1.70 bits per heavy atom. The molecule has 2 fully saturated rings. The van der Waals surface area contributed by atoms with Crippen LogP contribution in [0.4, 0.5) is 20.3 Å². The predicted octanol–water partition coefficient (Wildman–Crippen LogP) is 5.04. The number of benzene rings is 2. The Morgan fingerprint density at radius 1 is 0.946 bits per heavy atom. The van der Waals surface area contributed by atoms with Gasteiger partial charge in [0.05, 0.1) is 0 Å². The molecule has 2 aliphatic rings. The second kappa shape index (κ2) is 9.59. The third-order valence-electron chi connectivity index (χ3n) is 7.62. The summed E-state index contributed by atoms with van der Waals surface area (Å²) >= 11 is 0. The summed E-state index contributed by atoms with van der Waals surface area (Å²) in [4.78, 5) is 23.3. The highest BCUT2D eigenvalue weighted by Crippen LogP contribution is 2.35. The lowest BCUT2D eigenvalue weighted by Gasteiger charge is -2.36. The second-order valence-corrected chi connectivity index (χ2v) is 10.1. The van der Waals surface area contributed by atoms with E-state index in [-0.39, 0.29) is 33.5 Å². The molecule has 190 valence electrons. The van der Waals surface area contributed by atoms with Gasteiger partial charge in [-0.3, -0.25) is 9.69 Å². The molecular formula is C29H29F2N5O. The number of anilines is 2. The molecule has 0 amide bonds. The third kappa shape index (κ3) is 4.81. The van der Waals surface area contributed by atoms with Gasteiger partial charge >= 0.3 is 0 Å². The number of nitrogen functional groups attached to an aromatic ring is 1. The van der Waals surface area contributed by atoms with Gasteiger partial charge < -0.3 is 15.6 Å². The number of piperazine rings is 1. The quantitative estimate of drug-likeness (QED) is 0.362. The van der Waals surface area contributed by atoms with Crippen LogP contribution in [0.2, 0.25) is 0 Å². The van der Waals surface area contributed by atoms with Crippen molar-refractivity contribution >= 4 is 22.3 Å². The first-order valence-electron chi connectivity index (χ1n) is 12.8. The van der Waals surface area contributed by atoms with Crippen molar-refractivity contribution < 1.29 is 8.78 Å². The number of H-pyrrole nitrogens is 1. The van der Waals surface area contributed by atoms with E-state index in [0.29, 0.717) is 10.9 Å². The summed E-state index contributed by atoms with van der Waals surface area (Å²) in [5, 5.41) is 0.791. The van der Waals surface area contributed by atoms with Crippen LogP contribution in [-0.4, -0.2) is 47.6 Å². The molecule has 3 heterocycles. The van der Waals surface area contributed by atoms with Crippen LogP contribution in [0.5, 0.6) is 0 Å². The minimum atomic E-state index is -0.712. The van der Waals surface area contributed by atoms with Crippen LogP contribution in [0.3, 0.4) is 0 Å². The van der Waals surface area contributed by atoms with Gasteiger partial charge in [0.15, 0.2) is 0 Å². The Labute approximate surface area is 213 Å². The summed E-state index contributed by atoms with van der Waals surface area (Å²) in [6, 6.07) is 13.6. The molecule has 1 aliphatic carbocycles. The minimum absolute atomic E-state index is 0.111. The van der Waals surface area contributed by atoms with E-state index in [4.69, 9.17) is 5.73 Å². The normalized spacial score (nSPS) is 16.4. The van der Waals surface area contributed by atoms with Gasteiger partial charge in [0.2, 0.25) is 5.95 Å². The van der Waals surface area contributed by atoms with Crippen LogP contribution in [0, 0.1) is 17.7 Å². The van der Waals surface area contributed by atoms with Crippen molar-refractivity contribution in [3.63, 3.8) is 0 Å². The van der Waals surface area contributed by atoms with Crippen LogP contribution in [0.1, 0.15) is 19.3 Å². The molecule has 37 heavy (non-hydrogen) atoms. The van der Waals surface area contributed by atoms with Crippen LogP contribution in [-0.2, 0) is 0 Å². The first kappa shape index (κ1) is 23.6. The molecule has 2 aromatic heterocycles. The zero-order chi connectivity index (χ0) is 25.5. The van der Waals surface area contributed by atoms with Gasteiger partial charge in [-0.15, -0.1) is 0 Å². The number of pyridine rings is 2. The van der Waals surface area contributed by atoms with Gasteiger partial charge in [-0.05, 0) is 66.2 Å². The SMILES string of the molecule is Nc1nc(F)c(-c2ccc(N3CCN(CCC4CC4)CC3)cc2)cc1-c1cc2cc[nH]c(=O)c2cc1F. The van der Waals surface area contributed by atoms with Crippen LogP contribution in [0.15, 0.2) is 59.5 Å². The summed E-state index contributed by atoms with van der Waals surface area (Å²) in [5.74, 6) is -0.491. The smallest absolute Gasteiger partial charge is 0.255 e. The maximum Gasteiger partial charge on any atom is 0.255 e. The monoisotopic (exact) mass is 501 g/mol. The largest absolute Gasteiger partial charge is 0.383 e. The van der Waals surface area contributed by atoms with E-state index in [1.807, 2.05) is 24.3 Å². The van der Waals surface area contributed by atoms with Crippen molar-refractivity contribution in [2.75, 3.05) is 43.4 Å². The number of aromatic amines is 1. The minimum Gasteiger partial charge on any atom is -0.383 e. The first-order chi connectivity index (χ1) is 18.0. The number of hydrogen-bond donors (Lipinski definition) is 2. The van der Waals surface area contributed by atoms with Crippen LogP contribution in [0.25, 0.3) is 33.0 Å². The van der Waals surface area contributed by atoms with Gasteiger partial charge in [0.25, 0.3) is 5.56 Å². The highest BCUT2D eigenvalue weighted by Gasteiger charge is 2.24. The molecule has 0 radical (unpaired) electrons. The van der Waals surface area contributed by atoms with Crippen LogP contribution >= 0.6 is 0 Å². The van der Waals surface area contributed by atoms with E-state index in [0.717, 1.165) is 37.8 Å². The fourth-order valence-corrected chi connectivity index (χ4v) is 5.19. The molecule has 4 aromatic rings. The zero-order valence-corrected chi connectivity index (χ0v) is 20.5. The molecule has 3 N–H and O–H groups in total. The molecular weight excluding hydrogens is 472 g/mol. The van der Waals surface area contributed by atoms with Crippen molar-refractivity contribution in [3.05, 3.63) is 76.8 Å². The second-order valence-electron chi connectivity index (χ2n) is 10.1. The molecule has 0 atom stereocenters. The molecule has 2 aromatic carbocycles. The van der Waals surface area contributed by atoms with E-state index >= 15 is 4.39 Å². The number of hydrogen-bond acceptors (Lipinski definition) is 5. The average molecular weight is 502 g/mol. The summed E-state index contributed by atoms with van der Waals surface area (Å²) < 4.78 is 30.0. The molecule has 6 rings (SSSR count). The number of nitrogens with zero attached hydrogens (tertiary/aromatic N) is 3. The highest BCUT2D eigenvalue weighted by molar-refractivity contribution is 5.89. The Bertz CT molecular complexity index is 1510. The Hall–Kier alpha value is -3.78. The van der Waals surface area contributed by atoms with Crippen molar-refractivity contribution in [3.8, 4) is 22.3 Å². The van der Waals surface area contributed by atoms with Crippen molar-refractivity contribution in [1.29, 1.82) is 0 Å². The van der Waals surface area contributed by atoms with Gasteiger partial charge in [-0.25, -0.2) is 9.37 Å². The average Bonchev–Trinajstić information content (AvgIpc) is 3.73. The maximum atomic E-state index is 15.0. The number of nitrogens with two attached hydrogens (primary N) is 1. The number of fused-ring (bicyclic) bond motifs is 1. The lowest BCUT2D eigenvalue weighted by molar-refractivity contribution is 0.250. The van der Waals surface area contributed by atoms with Crippen molar-refractivity contribution in [2.24, 2.45) is 5.92 Å². The fraction of sp³-hybridized carbons (Fsp3) is 0.310. The van der Waals surface area contributed by atoms with E-state index in [2.05, 4.69) is 19.8 Å². The number of nitrogens with one attached hydrogen (secondary N) is 1. The zero-order valence-electron chi connectivity index (χ0n) is 20.5. The third-order valence-corrected chi connectivity index (χ3v) is 7.62. The highest BCUT2D eigenvalue weighted by atomic mass is 19.1.